The van der Waals surface area contributed by atoms with Crippen LogP contribution >= 0.6 is 11.8 Å². The van der Waals surface area contributed by atoms with Crippen molar-refractivity contribution < 1.29 is 14.7 Å². The van der Waals surface area contributed by atoms with Crippen LogP contribution in [0.3, 0.4) is 0 Å². The van der Waals surface area contributed by atoms with Gasteiger partial charge in [0.05, 0.1) is 5.75 Å². The number of carbonyl (C=O) groups excluding carboxylic acids is 1. The summed E-state index contributed by atoms with van der Waals surface area (Å²) in [6, 6.07) is -0.626. The van der Waals surface area contributed by atoms with Gasteiger partial charge in [-0.3, -0.25) is 4.79 Å². The Labute approximate surface area is 115 Å². The lowest BCUT2D eigenvalue weighted by molar-refractivity contribution is -0.141. The smallest absolute Gasteiger partial charge is 0.326 e. The number of aromatic nitrogens is 3. The minimum absolute atomic E-state index is 0.120. The van der Waals surface area contributed by atoms with E-state index < -0.39 is 12.0 Å². The van der Waals surface area contributed by atoms with Gasteiger partial charge in [0.15, 0.2) is 5.16 Å². The largest absolute Gasteiger partial charge is 0.480 e. The van der Waals surface area contributed by atoms with Crippen LogP contribution in [0, 0.1) is 0 Å². The average Bonchev–Trinajstić information content (AvgIpc) is 2.81. The van der Waals surface area contributed by atoms with Crippen molar-refractivity contribution in [1.29, 1.82) is 0 Å². The SMILES string of the molecule is CC[C@@H](NC(=O)CSc1nncn1C(C)C)C(=O)O. The molecular weight excluding hydrogens is 268 g/mol. The van der Waals surface area contributed by atoms with E-state index in [0.717, 1.165) is 0 Å². The summed E-state index contributed by atoms with van der Waals surface area (Å²) in [5, 5.41) is 19.7. The van der Waals surface area contributed by atoms with Gasteiger partial charge in [0.2, 0.25) is 5.91 Å². The number of hydrogen-bond acceptors (Lipinski definition) is 5. The molecule has 19 heavy (non-hydrogen) atoms. The van der Waals surface area contributed by atoms with Crippen LogP contribution in [0.5, 0.6) is 0 Å². The lowest BCUT2D eigenvalue weighted by Crippen LogP contribution is -2.41. The maximum Gasteiger partial charge on any atom is 0.326 e. The van der Waals surface area contributed by atoms with Crippen LogP contribution in [0.15, 0.2) is 11.5 Å². The van der Waals surface area contributed by atoms with Crippen LogP contribution in [0.1, 0.15) is 33.2 Å². The molecule has 0 aliphatic carbocycles. The third-order valence-corrected chi connectivity index (χ3v) is 3.43. The number of amides is 1. The Kier molecular flexibility index (Phi) is 5.81. The third kappa shape index (κ3) is 4.55. The van der Waals surface area contributed by atoms with Gasteiger partial charge in [0, 0.05) is 6.04 Å². The lowest BCUT2D eigenvalue weighted by Gasteiger charge is -2.12. The van der Waals surface area contributed by atoms with Gasteiger partial charge in [-0.1, -0.05) is 18.7 Å². The molecule has 2 N–H and O–H groups in total. The van der Waals surface area contributed by atoms with E-state index in [1.807, 2.05) is 18.4 Å². The molecule has 0 saturated carbocycles. The van der Waals surface area contributed by atoms with E-state index in [0.29, 0.717) is 11.6 Å². The Morgan fingerprint density at radius 1 is 1.53 bits per heavy atom. The first kappa shape index (κ1) is 15.5. The molecule has 0 unspecified atom stereocenters. The summed E-state index contributed by atoms with van der Waals surface area (Å²) in [5.74, 6) is -1.22. The number of carboxylic acid groups (broad SMARTS) is 1. The summed E-state index contributed by atoms with van der Waals surface area (Å²) >= 11 is 1.24. The van der Waals surface area contributed by atoms with Gasteiger partial charge in [-0.05, 0) is 20.3 Å². The molecule has 0 saturated heterocycles. The summed E-state index contributed by atoms with van der Waals surface area (Å²) in [6.07, 6.45) is 1.96. The molecule has 7 nitrogen and oxygen atoms in total. The van der Waals surface area contributed by atoms with Gasteiger partial charge in [-0.2, -0.15) is 0 Å². The molecule has 1 amide bonds. The van der Waals surface area contributed by atoms with Crippen molar-refractivity contribution in [3.05, 3.63) is 6.33 Å². The van der Waals surface area contributed by atoms with E-state index >= 15 is 0 Å². The number of hydrogen-bond donors (Lipinski definition) is 2. The van der Waals surface area contributed by atoms with E-state index in [-0.39, 0.29) is 17.7 Å². The Balaban J connectivity index is 2.50. The number of aliphatic carboxylic acids is 1. The maximum absolute atomic E-state index is 11.6. The molecule has 0 aliphatic heterocycles. The van der Waals surface area contributed by atoms with Crippen molar-refractivity contribution >= 4 is 23.6 Å². The van der Waals surface area contributed by atoms with Gasteiger partial charge in [-0.25, -0.2) is 4.79 Å². The molecule has 106 valence electrons. The van der Waals surface area contributed by atoms with Gasteiger partial charge >= 0.3 is 5.97 Å². The van der Waals surface area contributed by atoms with Crippen LogP contribution in [-0.2, 0) is 9.59 Å². The van der Waals surface area contributed by atoms with Gasteiger partial charge in [0.1, 0.15) is 12.4 Å². The van der Waals surface area contributed by atoms with E-state index in [1.165, 1.54) is 11.8 Å². The summed E-state index contributed by atoms with van der Waals surface area (Å²) in [7, 11) is 0. The summed E-state index contributed by atoms with van der Waals surface area (Å²) in [5.41, 5.74) is 0. The topological polar surface area (TPSA) is 97.1 Å². The molecule has 8 heteroatoms. The molecule has 0 aromatic carbocycles. The number of rotatable bonds is 7. The Hall–Kier alpha value is -1.57. The number of carboxylic acids is 1. The standard InChI is InChI=1S/C11H18N4O3S/c1-4-8(10(17)18)13-9(16)5-19-11-14-12-6-15(11)7(2)3/h6-8H,4-5H2,1-3H3,(H,13,16)(H,17,18)/t8-/m1/s1. The zero-order chi connectivity index (χ0) is 14.4. The van der Waals surface area contributed by atoms with Crippen molar-refractivity contribution in [2.24, 2.45) is 0 Å². The quantitative estimate of drug-likeness (QED) is 0.724. The zero-order valence-corrected chi connectivity index (χ0v) is 12.0. The first-order valence-electron chi connectivity index (χ1n) is 6.00. The summed E-state index contributed by atoms with van der Waals surface area (Å²) < 4.78 is 1.85. The Morgan fingerprint density at radius 2 is 2.21 bits per heavy atom. The van der Waals surface area contributed by atoms with Gasteiger partial charge < -0.3 is 15.0 Å². The number of carbonyl (C=O) groups is 2. The molecule has 1 heterocycles. The average molecular weight is 286 g/mol. The second-order valence-corrected chi connectivity index (χ2v) is 5.21. The predicted octanol–water partition coefficient (Wildman–Crippen LogP) is 0.930. The fraction of sp³-hybridized carbons (Fsp3) is 0.636. The second kappa shape index (κ2) is 7.13. The third-order valence-electron chi connectivity index (χ3n) is 2.47. The monoisotopic (exact) mass is 286 g/mol. The molecule has 0 radical (unpaired) electrons. The van der Waals surface area contributed by atoms with Crippen molar-refractivity contribution in [3.63, 3.8) is 0 Å². The molecule has 1 atom stereocenters. The number of nitrogens with zero attached hydrogens (tertiary/aromatic N) is 3. The minimum atomic E-state index is -1.02. The molecule has 1 rings (SSSR count). The van der Waals surface area contributed by atoms with E-state index in [1.54, 1.807) is 13.3 Å². The van der Waals surface area contributed by atoms with Crippen LogP contribution in [0.2, 0.25) is 0 Å². The first-order valence-corrected chi connectivity index (χ1v) is 6.98. The highest BCUT2D eigenvalue weighted by Gasteiger charge is 2.18. The van der Waals surface area contributed by atoms with E-state index in [4.69, 9.17) is 5.11 Å². The molecule has 1 aromatic heterocycles. The minimum Gasteiger partial charge on any atom is -0.480 e. The van der Waals surface area contributed by atoms with Crippen molar-refractivity contribution in [3.8, 4) is 0 Å². The van der Waals surface area contributed by atoms with Gasteiger partial charge in [-0.15, -0.1) is 10.2 Å². The van der Waals surface area contributed by atoms with Gasteiger partial charge in [0.25, 0.3) is 0 Å². The highest BCUT2D eigenvalue weighted by molar-refractivity contribution is 7.99. The fourth-order valence-corrected chi connectivity index (χ4v) is 2.25. The number of nitrogens with one attached hydrogen (secondary N) is 1. The van der Waals surface area contributed by atoms with Crippen LogP contribution in [0.25, 0.3) is 0 Å². The normalized spacial score (nSPS) is 12.4. The number of thioether (sulfide) groups is 1. The zero-order valence-electron chi connectivity index (χ0n) is 11.2. The van der Waals surface area contributed by atoms with Crippen molar-refractivity contribution in [2.45, 2.75) is 44.4 Å². The van der Waals surface area contributed by atoms with Crippen LogP contribution in [0.4, 0.5) is 0 Å². The van der Waals surface area contributed by atoms with Crippen molar-refractivity contribution in [2.75, 3.05) is 5.75 Å². The lowest BCUT2D eigenvalue weighted by atomic mass is 10.2. The Morgan fingerprint density at radius 3 is 2.74 bits per heavy atom. The van der Waals surface area contributed by atoms with Crippen LogP contribution < -0.4 is 5.32 Å². The molecule has 0 aliphatic rings. The molecular formula is C11H18N4O3S. The highest BCUT2D eigenvalue weighted by atomic mass is 32.2. The molecule has 1 aromatic rings. The Bertz CT molecular complexity index is 447. The van der Waals surface area contributed by atoms with E-state index in [9.17, 15) is 9.59 Å². The predicted molar refractivity (Wildman–Crippen MR) is 71.0 cm³/mol. The molecule has 0 fully saturated rings. The summed E-state index contributed by atoms with van der Waals surface area (Å²) in [6.45, 7) is 5.69. The molecule has 0 bridgehead atoms. The molecule has 0 spiro atoms. The highest BCUT2D eigenvalue weighted by Crippen LogP contribution is 2.18. The second-order valence-electron chi connectivity index (χ2n) is 4.27. The first-order chi connectivity index (χ1) is 8.95. The van der Waals surface area contributed by atoms with Crippen LogP contribution in [-0.4, -0.2) is 43.5 Å². The fourth-order valence-electron chi connectivity index (χ4n) is 1.39. The van der Waals surface area contributed by atoms with Crippen molar-refractivity contribution in [1.82, 2.24) is 20.1 Å². The van der Waals surface area contributed by atoms with E-state index in [2.05, 4.69) is 15.5 Å². The maximum atomic E-state index is 11.6. The summed E-state index contributed by atoms with van der Waals surface area (Å²) in [4.78, 5) is 22.4.